The number of hydrogen-bond donors (Lipinski definition) is 1. The zero-order valence-corrected chi connectivity index (χ0v) is 17.7. The maximum absolute atomic E-state index is 5.64. The van der Waals surface area contributed by atoms with Crippen molar-refractivity contribution in [3.8, 4) is 22.6 Å². The molecule has 0 unspecified atom stereocenters. The molecule has 0 bridgehead atoms. The average molecular weight is 403 g/mol. The van der Waals surface area contributed by atoms with E-state index in [1.807, 2.05) is 43.3 Å². The third-order valence-corrected chi connectivity index (χ3v) is 5.86. The van der Waals surface area contributed by atoms with Gasteiger partial charge in [-0.25, -0.2) is 9.97 Å². The molecule has 1 N–H and O–H groups in total. The molecule has 1 aliphatic heterocycles. The summed E-state index contributed by atoms with van der Waals surface area (Å²) in [5, 5.41) is 5.65. The van der Waals surface area contributed by atoms with Crippen LogP contribution in [0.4, 0.5) is 5.82 Å². The summed E-state index contributed by atoms with van der Waals surface area (Å²) in [7, 11) is 1.96. The number of hydrogen-bond acceptors (Lipinski definition) is 6. The smallest absolute Gasteiger partial charge is 0.164 e. The molecule has 1 atom stereocenters. The second-order valence-electron chi connectivity index (χ2n) is 7.85. The third kappa shape index (κ3) is 3.04. The first-order valence-corrected chi connectivity index (χ1v) is 10.2. The zero-order chi connectivity index (χ0) is 20.8. The number of fused-ring (bicyclic) bond motifs is 1. The molecule has 8 heteroatoms. The summed E-state index contributed by atoms with van der Waals surface area (Å²) in [5.74, 6) is 1.57. The number of rotatable bonds is 3. The van der Waals surface area contributed by atoms with Gasteiger partial charge in [0.1, 0.15) is 5.82 Å². The summed E-state index contributed by atoms with van der Waals surface area (Å²) in [6, 6.07) is 4.36. The molecule has 4 aromatic rings. The van der Waals surface area contributed by atoms with Crippen molar-refractivity contribution in [1.29, 1.82) is 0 Å². The van der Waals surface area contributed by atoms with Gasteiger partial charge in [-0.2, -0.15) is 5.10 Å². The highest BCUT2D eigenvalue weighted by atomic mass is 16.5. The van der Waals surface area contributed by atoms with Gasteiger partial charge in [0.2, 0.25) is 0 Å². The first-order valence-electron chi connectivity index (χ1n) is 10.2. The number of anilines is 1. The minimum absolute atomic E-state index is 0.242. The third-order valence-electron chi connectivity index (χ3n) is 5.86. The molecule has 0 amide bonds. The standard InChI is InChI=1S/C22H25N7O/c1-13-12-30-8-7-29(13)20-9-18(21-14(2)27-28(4)15(21)3)25-22(26-20)17-10-23-11-19-16(17)5-6-24-19/h5-6,9-11,13,24H,7-8,12H2,1-4H3/t13-/m1/s1. The van der Waals surface area contributed by atoms with E-state index in [0.717, 1.165) is 51.5 Å². The predicted octanol–water partition coefficient (Wildman–Crippen LogP) is 3.26. The van der Waals surface area contributed by atoms with E-state index in [-0.39, 0.29) is 6.04 Å². The number of aromatic amines is 1. The second-order valence-corrected chi connectivity index (χ2v) is 7.85. The fraction of sp³-hybridized carbons (Fsp3) is 0.364. The highest BCUT2D eigenvalue weighted by molar-refractivity contribution is 5.92. The van der Waals surface area contributed by atoms with Gasteiger partial charge in [0.25, 0.3) is 0 Å². The number of aryl methyl sites for hydroxylation is 2. The number of aromatic nitrogens is 6. The fourth-order valence-corrected chi connectivity index (χ4v) is 4.20. The Morgan fingerprint density at radius 2 is 2.07 bits per heavy atom. The van der Waals surface area contributed by atoms with Crippen LogP contribution in [0.25, 0.3) is 33.5 Å². The van der Waals surface area contributed by atoms with E-state index in [1.54, 1.807) is 0 Å². The Kier molecular flexibility index (Phi) is 4.51. The minimum atomic E-state index is 0.242. The van der Waals surface area contributed by atoms with Gasteiger partial charge in [0.05, 0.1) is 42.4 Å². The summed E-state index contributed by atoms with van der Waals surface area (Å²) in [6.45, 7) is 8.44. The average Bonchev–Trinajstić information content (AvgIpc) is 3.32. The lowest BCUT2D eigenvalue weighted by atomic mass is 10.1. The summed E-state index contributed by atoms with van der Waals surface area (Å²) >= 11 is 0. The van der Waals surface area contributed by atoms with Crippen molar-refractivity contribution >= 4 is 16.7 Å². The molecule has 154 valence electrons. The van der Waals surface area contributed by atoms with Gasteiger partial charge in [-0.1, -0.05) is 0 Å². The fourth-order valence-electron chi connectivity index (χ4n) is 4.20. The Morgan fingerprint density at radius 1 is 1.20 bits per heavy atom. The van der Waals surface area contributed by atoms with Crippen molar-refractivity contribution in [3.05, 3.63) is 42.1 Å². The van der Waals surface area contributed by atoms with Gasteiger partial charge >= 0.3 is 0 Å². The molecule has 4 aromatic heterocycles. The first-order chi connectivity index (χ1) is 14.5. The monoisotopic (exact) mass is 403 g/mol. The van der Waals surface area contributed by atoms with Gasteiger partial charge in [-0.15, -0.1) is 0 Å². The molecular formula is C22H25N7O. The molecule has 30 heavy (non-hydrogen) atoms. The molecule has 1 aliphatic rings. The number of ether oxygens (including phenoxy) is 1. The number of pyridine rings is 1. The molecular weight excluding hydrogens is 378 g/mol. The summed E-state index contributed by atoms with van der Waals surface area (Å²) < 4.78 is 7.54. The van der Waals surface area contributed by atoms with E-state index in [9.17, 15) is 0 Å². The quantitative estimate of drug-likeness (QED) is 0.565. The van der Waals surface area contributed by atoms with Crippen LogP contribution in [0.2, 0.25) is 0 Å². The van der Waals surface area contributed by atoms with Crippen molar-refractivity contribution in [2.45, 2.75) is 26.8 Å². The van der Waals surface area contributed by atoms with Crippen molar-refractivity contribution < 1.29 is 4.74 Å². The Bertz CT molecular complexity index is 1230. The van der Waals surface area contributed by atoms with E-state index in [2.05, 4.69) is 39.9 Å². The Balaban J connectivity index is 1.74. The molecule has 5 rings (SSSR count). The van der Waals surface area contributed by atoms with Crippen LogP contribution in [0.5, 0.6) is 0 Å². The molecule has 0 aliphatic carbocycles. The minimum Gasteiger partial charge on any atom is -0.377 e. The van der Waals surface area contributed by atoms with Crippen LogP contribution in [0.1, 0.15) is 18.3 Å². The normalized spacial score (nSPS) is 17.1. The summed E-state index contributed by atoms with van der Waals surface area (Å²) in [4.78, 5) is 19.9. The van der Waals surface area contributed by atoms with Crippen molar-refractivity contribution in [2.24, 2.45) is 7.05 Å². The van der Waals surface area contributed by atoms with E-state index < -0.39 is 0 Å². The second kappa shape index (κ2) is 7.21. The van der Waals surface area contributed by atoms with E-state index in [0.29, 0.717) is 19.0 Å². The van der Waals surface area contributed by atoms with E-state index in [1.165, 1.54) is 0 Å². The van der Waals surface area contributed by atoms with Crippen LogP contribution in [0.15, 0.2) is 30.7 Å². The van der Waals surface area contributed by atoms with Gasteiger partial charge in [-0.3, -0.25) is 9.67 Å². The summed E-state index contributed by atoms with van der Waals surface area (Å²) in [6.07, 6.45) is 5.58. The maximum Gasteiger partial charge on any atom is 0.164 e. The molecule has 0 saturated carbocycles. The first kappa shape index (κ1) is 18.7. The van der Waals surface area contributed by atoms with Gasteiger partial charge < -0.3 is 14.6 Å². The Labute approximate surface area is 174 Å². The summed E-state index contributed by atoms with van der Waals surface area (Å²) in [5.41, 5.74) is 5.85. The molecule has 1 saturated heterocycles. The van der Waals surface area contributed by atoms with Crippen LogP contribution in [-0.2, 0) is 11.8 Å². The topological polar surface area (TPSA) is 84.8 Å². The van der Waals surface area contributed by atoms with Crippen molar-refractivity contribution in [1.82, 2.24) is 29.7 Å². The number of nitrogens with one attached hydrogen (secondary N) is 1. The number of nitrogens with zero attached hydrogens (tertiary/aromatic N) is 6. The largest absolute Gasteiger partial charge is 0.377 e. The van der Waals surface area contributed by atoms with Gasteiger partial charge in [0, 0.05) is 54.3 Å². The molecule has 0 radical (unpaired) electrons. The highest BCUT2D eigenvalue weighted by Crippen LogP contribution is 2.32. The van der Waals surface area contributed by atoms with E-state index >= 15 is 0 Å². The maximum atomic E-state index is 5.64. The Morgan fingerprint density at radius 3 is 2.83 bits per heavy atom. The highest BCUT2D eigenvalue weighted by Gasteiger charge is 2.24. The molecule has 5 heterocycles. The number of morpholine rings is 1. The van der Waals surface area contributed by atoms with Gasteiger partial charge in [-0.05, 0) is 26.8 Å². The lowest BCUT2D eigenvalue weighted by Crippen LogP contribution is -2.44. The lowest BCUT2D eigenvalue weighted by molar-refractivity contribution is 0.0985. The molecule has 1 fully saturated rings. The Hall–Kier alpha value is -3.26. The van der Waals surface area contributed by atoms with Crippen LogP contribution in [-0.4, -0.2) is 55.5 Å². The van der Waals surface area contributed by atoms with Crippen molar-refractivity contribution in [2.75, 3.05) is 24.7 Å². The molecule has 0 aromatic carbocycles. The van der Waals surface area contributed by atoms with Crippen LogP contribution in [0, 0.1) is 13.8 Å². The lowest BCUT2D eigenvalue weighted by Gasteiger charge is -2.34. The zero-order valence-electron chi connectivity index (χ0n) is 17.7. The predicted molar refractivity (Wildman–Crippen MR) is 116 cm³/mol. The molecule has 8 nitrogen and oxygen atoms in total. The van der Waals surface area contributed by atoms with Crippen LogP contribution in [0.3, 0.4) is 0 Å². The van der Waals surface area contributed by atoms with E-state index in [4.69, 9.17) is 14.7 Å². The molecule has 0 spiro atoms. The SMILES string of the molecule is Cc1nn(C)c(C)c1-c1cc(N2CCOC[C@H]2C)nc(-c2cncc3[nH]ccc23)n1. The van der Waals surface area contributed by atoms with Crippen LogP contribution < -0.4 is 4.90 Å². The van der Waals surface area contributed by atoms with Crippen LogP contribution >= 0.6 is 0 Å². The van der Waals surface area contributed by atoms with Gasteiger partial charge in [0.15, 0.2) is 5.82 Å². The number of H-pyrrole nitrogens is 1. The van der Waals surface area contributed by atoms with Crippen molar-refractivity contribution in [3.63, 3.8) is 0 Å².